The zero-order chi connectivity index (χ0) is 9.97. The van der Waals surface area contributed by atoms with E-state index in [4.69, 9.17) is 0 Å². The third-order valence-electron chi connectivity index (χ3n) is 3.87. The Bertz CT molecular complexity index is 183. The van der Waals surface area contributed by atoms with E-state index in [-0.39, 0.29) is 6.10 Å². The topological polar surface area (TPSA) is 32.3 Å². The van der Waals surface area contributed by atoms with Gasteiger partial charge in [0.15, 0.2) is 0 Å². The highest BCUT2D eigenvalue weighted by molar-refractivity contribution is 4.87. The van der Waals surface area contributed by atoms with E-state index in [1.54, 1.807) is 0 Å². The lowest BCUT2D eigenvalue weighted by atomic mass is 9.86. The summed E-state index contributed by atoms with van der Waals surface area (Å²) in [6, 6.07) is 1.07. The smallest absolute Gasteiger partial charge is 0.0693 e. The maximum Gasteiger partial charge on any atom is 0.0693 e. The van der Waals surface area contributed by atoms with Crippen molar-refractivity contribution in [1.29, 1.82) is 0 Å². The molecule has 0 saturated heterocycles. The van der Waals surface area contributed by atoms with E-state index in [1.165, 1.54) is 38.5 Å². The first-order valence-corrected chi connectivity index (χ1v) is 6.20. The molecule has 2 nitrogen and oxygen atoms in total. The van der Waals surface area contributed by atoms with Crippen LogP contribution in [-0.2, 0) is 0 Å². The Morgan fingerprint density at radius 2 is 1.86 bits per heavy atom. The Morgan fingerprint density at radius 1 is 1.07 bits per heavy atom. The first-order chi connectivity index (χ1) is 6.75. The maximum absolute atomic E-state index is 9.72. The van der Waals surface area contributed by atoms with Crippen molar-refractivity contribution in [2.24, 2.45) is 5.92 Å². The van der Waals surface area contributed by atoms with Crippen LogP contribution in [0, 0.1) is 5.92 Å². The van der Waals surface area contributed by atoms with E-state index < -0.39 is 0 Å². The van der Waals surface area contributed by atoms with E-state index in [9.17, 15) is 5.11 Å². The van der Waals surface area contributed by atoms with Crippen molar-refractivity contribution in [3.8, 4) is 0 Å². The Hall–Kier alpha value is -0.0800. The van der Waals surface area contributed by atoms with Crippen LogP contribution in [0.5, 0.6) is 0 Å². The van der Waals surface area contributed by atoms with Gasteiger partial charge in [-0.2, -0.15) is 0 Å². The maximum atomic E-state index is 9.72. The van der Waals surface area contributed by atoms with Gasteiger partial charge in [-0.15, -0.1) is 0 Å². The molecule has 2 saturated carbocycles. The molecular formula is C12H23NO. The van der Waals surface area contributed by atoms with Gasteiger partial charge in [-0.25, -0.2) is 0 Å². The average Bonchev–Trinajstić information content (AvgIpc) is 2.52. The Balaban J connectivity index is 1.78. The monoisotopic (exact) mass is 197 g/mol. The average molecular weight is 197 g/mol. The molecular weight excluding hydrogens is 174 g/mol. The summed E-state index contributed by atoms with van der Waals surface area (Å²) >= 11 is 0. The molecule has 82 valence electrons. The van der Waals surface area contributed by atoms with Crippen LogP contribution in [0.3, 0.4) is 0 Å². The number of hydrogen-bond donors (Lipinski definition) is 2. The van der Waals surface area contributed by atoms with Crippen LogP contribution in [-0.4, -0.2) is 23.3 Å². The van der Waals surface area contributed by atoms with Crippen LogP contribution in [0.25, 0.3) is 0 Å². The summed E-state index contributed by atoms with van der Waals surface area (Å²) in [5, 5.41) is 13.4. The van der Waals surface area contributed by atoms with Gasteiger partial charge in [0.2, 0.25) is 0 Å². The summed E-state index contributed by atoms with van der Waals surface area (Å²) in [6.07, 6.45) is 8.67. The SMILES string of the molecule is CC1CCCC(N[C@H]2CCC[C@@H]2O)C1. The van der Waals surface area contributed by atoms with Crippen LogP contribution in [0.4, 0.5) is 0 Å². The number of aliphatic hydroxyl groups excluding tert-OH is 1. The zero-order valence-corrected chi connectivity index (χ0v) is 9.21. The molecule has 14 heavy (non-hydrogen) atoms. The van der Waals surface area contributed by atoms with Crippen LogP contribution < -0.4 is 5.32 Å². The zero-order valence-electron chi connectivity index (χ0n) is 9.21. The standard InChI is InChI=1S/C12H23NO/c1-9-4-2-5-10(8-9)13-11-6-3-7-12(11)14/h9-14H,2-8H2,1H3/t9?,10?,11-,12-/m0/s1. The molecule has 2 aliphatic rings. The molecule has 0 aromatic rings. The second kappa shape index (κ2) is 4.63. The number of aliphatic hydroxyl groups is 1. The molecule has 0 amide bonds. The summed E-state index contributed by atoms with van der Waals surface area (Å²) in [5.74, 6) is 0.875. The fourth-order valence-corrected chi connectivity index (χ4v) is 3.02. The minimum Gasteiger partial charge on any atom is -0.392 e. The highest BCUT2D eigenvalue weighted by Crippen LogP contribution is 2.26. The summed E-state index contributed by atoms with van der Waals surface area (Å²) in [7, 11) is 0. The molecule has 2 unspecified atom stereocenters. The van der Waals surface area contributed by atoms with E-state index in [0.717, 1.165) is 12.3 Å². The Labute approximate surface area is 87.1 Å². The second-order valence-electron chi connectivity index (χ2n) is 5.24. The molecule has 0 aromatic heterocycles. The molecule has 4 atom stereocenters. The number of nitrogens with one attached hydrogen (secondary N) is 1. The van der Waals surface area contributed by atoms with Gasteiger partial charge in [-0.1, -0.05) is 19.8 Å². The Morgan fingerprint density at radius 3 is 2.50 bits per heavy atom. The van der Waals surface area contributed by atoms with Crippen molar-refractivity contribution < 1.29 is 5.11 Å². The molecule has 0 aliphatic heterocycles. The van der Waals surface area contributed by atoms with E-state index in [2.05, 4.69) is 12.2 Å². The van der Waals surface area contributed by atoms with Gasteiger partial charge in [0.25, 0.3) is 0 Å². The summed E-state index contributed by atoms with van der Waals surface area (Å²) in [4.78, 5) is 0. The van der Waals surface area contributed by atoms with E-state index in [0.29, 0.717) is 12.1 Å². The minimum atomic E-state index is -0.0766. The van der Waals surface area contributed by atoms with Crippen molar-refractivity contribution in [2.45, 2.75) is 70.1 Å². The van der Waals surface area contributed by atoms with E-state index >= 15 is 0 Å². The normalized spacial score (nSPS) is 44.1. The third-order valence-corrected chi connectivity index (χ3v) is 3.87. The summed E-state index contributed by atoms with van der Waals surface area (Å²) in [5.41, 5.74) is 0. The molecule has 2 N–H and O–H groups in total. The molecule has 0 spiro atoms. The van der Waals surface area contributed by atoms with Gasteiger partial charge >= 0.3 is 0 Å². The van der Waals surface area contributed by atoms with Gasteiger partial charge in [0, 0.05) is 12.1 Å². The first kappa shape index (κ1) is 10.4. The highest BCUT2D eigenvalue weighted by atomic mass is 16.3. The van der Waals surface area contributed by atoms with Crippen molar-refractivity contribution in [3.05, 3.63) is 0 Å². The fraction of sp³-hybridized carbons (Fsp3) is 1.00. The van der Waals surface area contributed by atoms with Gasteiger partial charge in [0.05, 0.1) is 6.10 Å². The third kappa shape index (κ3) is 2.48. The van der Waals surface area contributed by atoms with Crippen LogP contribution in [0.1, 0.15) is 51.9 Å². The fourth-order valence-electron chi connectivity index (χ4n) is 3.02. The van der Waals surface area contributed by atoms with Crippen LogP contribution in [0.2, 0.25) is 0 Å². The molecule has 2 rings (SSSR count). The summed E-state index contributed by atoms with van der Waals surface area (Å²) < 4.78 is 0. The molecule has 2 aliphatic carbocycles. The molecule has 0 bridgehead atoms. The quantitative estimate of drug-likeness (QED) is 0.710. The van der Waals surface area contributed by atoms with Crippen LogP contribution in [0.15, 0.2) is 0 Å². The first-order valence-electron chi connectivity index (χ1n) is 6.20. The lowest BCUT2D eigenvalue weighted by Gasteiger charge is -2.31. The molecule has 2 heteroatoms. The van der Waals surface area contributed by atoms with Gasteiger partial charge in [-0.3, -0.25) is 0 Å². The minimum absolute atomic E-state index is 0.0766. The second-order valence-corrected chi connectivity index (χ2v) is 5.24. The molecule has 2 fully saturated rings. The van der Waals surface area contributed by atoms with Crippen molar-refractivity contribution >= 4 is 0 Å². The highest BCUT2D eigenvalue weighted by Gasteiger charge is 2.28. The lowest BCUT2D eigenvalue weighted by Crippen LogP contribution is -2.44. The lowest BCUT2D eigenvalue weighted by molar-refractivity contribution is 0.134. The van der Waals surface area contributed by atoms with Crippen LogP contribution >= 0.6 is 0 Å². The molecule has 0 aromatic carbocycles. The van der Waals surface area contributed by atoms with Crippen molar-refractivity contribution in [2.75, 3.05) is 0 Å². The summed E-state index contributed by atoms with van der Waals surface area (Å²) in [6.45, 7) is 2.35. The predicted molar refractivity (Wildman–Crippen MR) is 58.2 cm³/mol. The Kier molecular flexibility index (Phi) is 3.45. The van der Waals surface area contributed by atoms with Crippen molar-refractivity contribution in [3.63, 3.8) is 0 Å². The van der Waals surface area contributed by atoms with Gasteiger partial charge in [-0.05, 0) is 38.0 Å². The number of hydrogen-bond acceptors (Lipinski definition) is 2. The molecule has 0 radical (unpaired) electrons. The largest absolute Gasteiger partial charge is 0.392 e. The predicted octanol–water partition coefficient (Wildman–Crippen LogP) is 2.07. The molecule has 0 heterocycles. The van der Waals surface area contributed by atoms with E-state index in [1.807, 2.05) is 0 Å². The van der Waals surface area contributed by atoms with Gasteiger partial charge < -0.3 is 10.4 Å². The van der Waals surface area contributed by atoms with Gasteiger partial charge in [0.1, 0.15) is 0 Å². The number of rotatable bonds is 2. The van der Waals surface area contributed by atoms with Crippen molar-refractivity contribution in [1.82, 2.24) is 5.32 Å².